The molecule has 0 N–H and O–H groups in total. The van der Waals surface area contributed by atoms with E-state index in [1.807, 2.05) is 30.3 Å². The lowest BCUT2D eigenvalue weighted by molar-refractivity contribution is 1.03. The van der Waals surface area contributed by atoms with Crippen LogP contribution in [0.5, 0.6) is 0 Å². The monoisotopic (exact) mass is 272 g/mol. The lowest BCUT2D eigenvalue weighted by Crippen LogP contribution is -2.17. The summed E-state index contributed by atoms with van der Waals surface area (Å²) in [6.45, 7) is 2.92. The minimum Gasteiger partial charge on any atom is -0.340 e. The van der Waals surface area contributed by atoms with Gasteiger partial charge in [0.15, 0.2) is 0 Å². The minimum atomic E-state index is 0.701. The first kappa shape index (κ1) is 13.2. The number of para-hydroxylation sites is 1. The molecule has 0 aromatic heterocycles. The number of rotatable bonds is 3. The predicted octanol–water partition coefficient (Wildman–Crippen LogP) is 4.87. The normalized spacial score (nSPS) is 10.3. The van der Waals surface area contributed by atoms with Crippen LogP contribution in [0, 0.1) is 11.3 Å². The topological polar surface area (TPSA) is 27.0 Å². The molecule has 3 rings (SSSR count). The molecule has 0 aliphatic carbocycles. The van der Waals surface area contributed by atoms with Crippen LogP contribution in [-0.2, 0) is 0 Å². The third-order valence-electron chi connectivity index (χ3n) is 3.69. The van der Waals surface area contributed by atoms with E-state index in [-0.39, 0.29) is 0 Å². The lowest BCUT2D eigenvalue weighted by Gasteiger charge is -2.25. The van der Waals surface area contributed by atoms with Crippen molar-refractivity contribution >= 4 is 22.1 Å². The number of anilines is 2. The van der Waals surface area contributed by atoms with E-state index in [1.165, 1.54) is 10.8 Å². The van der Waals surface area contributed by atoms with Gasteiger partial charge in [-0.05, 0) is 30.5 Å². The average Bonchev–Trinajstić information content (AvgIpc) is 2.56. The van der Waals surface area contributed by atoms with Gasteiger partial charge in [-0.2, -0.15) is 5.26 Å². The summed E-state index contributed by atoms with van der Waals surface area (Å²) in [4.78, 5) is 2.20. The van der Waals surface area contributed by atoms with Crippen LogP contribution in [0.2, 0.25) is 0 Å². The Morgan fingerprint density at radius 2 is 1.52 bits per heavy atom. The second-order valence-corrected chi connectivity index (χ2v) is 4.87. The number of nitriles is 1. The summed E-state index contributed by atoms with van der Waals surface area (Å²) >= 11 is 0. The molecule has 2 heteroatoms. The Balaban J connectivity index is 2.22. The molecule has 21 heavy (non-hydrogen) atoms. The maximum Gasteiger partial charge on any atom is 0.101 e. The van der Waals surface area contributed by atoms with Gasteiger partial charge >= 0.3 is 0 Å². The van der Waals surface area contributed by atoms with Crippen LogP contribution in [0.15, 0.2) is 66.7 Å². The molecule has 0 saturated carbocycles. The van der Waals surface area contributed by atoms with Crippen LogP contribution < -0.4 is 4.90 Å². The van der Waals surface area contributed by atoms with Gasteiger partial charge in [-0.25, -0.2) is 0 Å². The summed E-state index contributed by atoms with van der Waals surface area (Å²) in [7, 11) is 0. The molecule has 0 heterocycles. The number of benzene rings is 3. The first-order chi connectivity index (χ1) is 10.3. The van der Waals surface area contributed by atoms with E-state index in [9.17, 15) is 5.26 Å². The van der Waals surface area contributed by atoms with Crippen molar-refractivity contribution in [3.63, 3.8) is 0 Å². The second-order valence-electron chi connectivity index (χ2n) is 4.87. The van der Waals surface area contributed by atoms with Gasteiger partial charge in [0.2, 0.25) is 0 Å². The van der Waals surface area contributed by atoms with Gasteiger partial charge in [-0.1, -0.05) is 48.5 Å². The summed E-state index contributed by atoms with van der Waals surface area (Å²) in [5, 5.41) is 11.8. The van der Waals surface area contributed by atoms with E-state index in [1.54, 1.807) is 0 Å². The standard InChI is InChI=1S/C19H16N2/c1-2-21(18-12-6-4-9-16(18)14-20)19-13-7-10-15-8-3-5-11-17(15)19/h3-13H,2H2,1H3. The molecule has 0 bridgehead atoms. The van der Waals surface area contributed by atoms with Crippen LogP contribution in [0.25, 0.3) is 10.8 Å². The van der Waals surface area contributed by atoms with Crippen molar-refractivity contribution in [3.05, 3.63) is 72.3 Å². The summed E-state index contributed by atoms with van der Waals surface area (Å²) in [5.74, 6) is 0. The van der Waals surface area contributed by atoms with E-state index >= 15 is 0 Å². The summed E-state index contributed by atoms with van der Waals surface area (Å²) < 4.78 is 0. The van der Waals surface area contributed by atoms with Crippen molar-refractivity contribution in [2.75, 3.05) is 11.4 Å². The molecule has 0 spiro atoms. The zero-order chi connectivity index (χ0) is 14.7. The molecule has 0 aliphatic heterocycles. The number of hydrogen-bond acceptors (Lipinski definition) is 2. The Hall–Kier alpha value is -2.79. The fourth-order valence-corrected chi connectivity index (χ4v) is 2.72. The Morgan fingerprint density at radius 3 is 2.33 bits per heavy atom. The van der Waals surface area contributed by atoms with E-state index in [2.05, 4.69) is 54.3 Å². The van der Waals surface area contributed by atoms with Gasteiger partial charge in [0, 0.05) is 17.6 Å². The first-order valence-electron chi connectivity index (χ1n) is 7.09. The molecule has 0 atom stereocenters. The van der Waals surface area contributed by atoms with E-state index < -0.39 is 0 Å². The van der Waals surface area contributed by atoms with Gasteiger partial charge in [0.25, 0.3) is 0 Å². The van der Waals surface area contributed by atoms with Crippen molar-refractivity contribution in [1.82, 2.24) is 0 Å². The molecule has 0 radical (unpaired) electrons. The summed E-state index contributed by atoms with van der Waals surface area (Å²) in [6.07, 6.45) is 0. The highest BCUT2D eigenvalue weighted by molar-refractivity contribution is 5.96. The molecule has 0 saturated heterocycles. The fraction of sp³-hybridized carbons (Fsp3) is 0.105. The van der Waals surface area contributed by atoms with Crippen LogP contribution in [0.1, 0.15) is 12.5 Å². The number of fused-ring (bicyclic) bond motifs is 1. The predicted molar refractivity (Wildman–Crippen MR) is 87.8 cm³/mol. The van der Waals surface area contributed by atoms with Gasteiger partial charge in [-0.3, -0.25) is 0 Å². The molecular formula is C19H16N2. The Labute approximate surface area is 124 Å². The Kier molecular flexibility index (Phi) is 3.57. The quantitative estimate of drug-likeness (QED) is 0.680. The SMILES string of the molecule is CCN(c1ccccc1C#N)c1cccc2ccccc12. The number of hydrogen-bond donors (Lipinski definition) is 0. The molecule has 0 amide bonds. The maximum absolute atomic E-state index is 9.35. The first-order valence-corrected chi connectivity index (χ1v) is 7.09. The molecule has 0 fully saturated rings. The molecule has 2 nitrogen and oxygen atoms in total. The zero-order valence-corrected chi connectivity index (χ0v) is 12.0. The molecule has 0 unspecified atom stereocenters. The minimum absolute atomic E-state index is 0.701. The molecule has 3 aromatic rings. The molecule has 3 aromatic carbocycles. The van der Waals surface area contributed by atoms with Crippen molar-refractivity contribution in [3.8, 4) is 6.07 Å². The van der Waals surface area contributed by atoms with Crippen molar-refractivity contribution < 1.29 is 0 Å². The lowest BCUT2D eigenvalue weighted by atomic mass is 10.1. The third kappa shape index (κ3) is 2.34. The van der Waals surface area contributed by atoms with E-state index in [4.69, 9.17) is 0 Å². The highest BCUT2D eigenvalue weighted by Gasteiger charge is 2.13. The maximum atomic E-state index is 9.35. The summed E-state index contributed by atoms with van der Waals surface area (Å²) in [5.41, 5.74) is 2.80. The highest BCUT2D eigenvalue weighted by atomic mass is 15.1. The average molecular weight is 272 g/mol. The summed E-state index contributed by atoms with van der Waals surface area (Å²) in [6, 6.07) is 24.7. The molecular weight excluding hydrogens is 256 g/mol. The smallest absolute Gasteiger partial charge is 0.101 e. The van der Waals surface area contributed by atoms with E-state index in [0.717, 1.165) is 17.9 Å². The highest BCUT2D eigenvalue weighted by Crippen LogP contribution is 2.33. The van der Waals surface area contributed by atoms with Crippen molar-refractivity contribution in [1.29, 1.82) is 5.26 Å². The Bertz CT molecular complexity index is 810. The van der Waals surface area contributed by atoms with Gasteiger partial charge in [-0.15, -0.1) is 0 Å². The van der Waals surface area contributed by atoms with Gasteiger partial charge in [0.05, 0.1) is 11.3 Å². The van der Waals surface area contributed by atoms with Crippen LogP contribution in [0.4, 0.5) is 11.4 Å². The van der Waals surface area contributed by atoms with Gasteiger partial charge in [0.1, 0.15) is 6.07 Å². The second kappa shape index (κ2) is 5.68. The Morgan fingerprint density at radius 1 is 0.857 bits per heavy atom. The van der Waals surface area contributed by atoms with Crippen LogP contribution in [-0.4, -0.2) is 6.54 Å². The fourth-order valence-electron chi connectivity index (χ4n) is 2.72. The third-order valence-corrected chi connectivity index (χ3v) is 3.69. The van der Waals surface area contributed by atoms with E-state index in [0.29, 0.717) is 5.56 Å². The van der Waals surface area contributed by atoms with Crippen LogP contribution in [0.3, 0.4) is 0 Å². The van der Waals surface area contributed by atoms with Gasteiger partial charge < -0.3 is 4.90 Å². The van der Waals surface area contributed by atoms with Crippen molar-refractivity contribution in [2.45, 2.75) is 6.92 Å². The van der Waals surface area contributed by atoms with Crippen molar-refractivity contribution in [2.24, 2.45) is 0 Å². The van der Waals surface area contributed by atoms with Crippen LogP contribution >= 0.6 is 0 Å². The number of nitrogens with zero attached hydrogens (tertiary/aromatic N) is 2. The molecule has 0 aliphatic rings. The largest absolute Gasteiger partial charge is 0.340 e. The zero-order valence-electron chi connectivity index (χ0n) is 12.0. The molecule has 102 valence electrons.